The van der Waals surface area contributed by atoms with Crippen LogP contribution in [0.15, 0.2) is 53.8 Å². The molecule has 3 N–H and O–H groups in total. The Labute approximate surface area is 262 Å². The first-order valence-corrected chi connectivity index (χ1v) is 15.4. The van der Waals surface area contributed by atoms with Crippen LogP contribution in [0, 0.1) is 20.8 Å². The van der Waals surface area contributed by atoms with E-state index in [0.29, 0.717) is 42.8 Å². The summed E-state index contributed by atoms with van der Waals surface area (Å²) < 4.78 is 7.65. The maximum absolute atomic E-state index is 13.1. The fraction of sp³-hybridized carbons (Fsp3) is 0.290. The maximum Gasteiger partial charge on any atom is 0.267 e. The highest BCUT2D eigenvalue weighted by Gasteiger charge is 2.32. The number of aromatic nitrogens is 5. The number of nitrogens with zero attached hydrogens (tertiary/aromatic N) is 5. The van der Waals surface area contributed by atoms with Gasteiger partial charge in [-0.2, -0.15) is 0 Å². The number of amides is 2. The summed E-state index contributed by atoms with van der Waals surface area (Å²) in [4.78, 5) is 39.0. The van der Waals surface area contributed by atoms with Gasteiger partial charge in [-0.3, -0.25) is 24.1 Å². The van der Waals surface area contributed by atoms with E-state index >= 15 is 0 Å². The Hall–Kier alpha value is -4.39. The van der Waals surface area contributed by atoms with Gasteiger partial charge in [0.1, 0.15) is 22.6 Å². The van der Waals surface area contributed by atoms with Crippen molar-refractivity contribution >= 4 is 51.4 Å². The molecule has 1 aromatic carbocycles. The highest BCUT2D eigenvalue weighted by molar-refractivity contribution is 7.15. The number of carbonyl (C=O) groups is 2. The van der Waals surface area contributed by atoms with Crippen molar-refractivity contribution in [2.45, 2.75) is 33.2 Å². The molecule has 5 heterocycles. The molecule has 0 saturated carbocycles. The average molecular weight is 631 g/mol. The van der Waals surface area contributed by atoms with Gasteiger partial charge in [-0.05, 0) is 50.6 Å². The smallest absolute Gasteiger partial charge is 0.267 e. The number of aromatic amines is 1. The van der Waals surface area contributed by atoms with Crippen molar-refractivity contribution in [2.24, 2.45) is 4.99 Å². The number of rotatable bonds is 10. The highest BCUT2D eigenvalue weighted by Crippen LogP contribution is 2.39. The molecule has 4 aromatic heterocycles. The minimum atomic E-state index is -0.544. The molecule has 226 valence electrons. The molecule has 44 heavy (non-hydrogen) atoms. The summed E-state index contributed by atoms with van der Waals surface area (Å²) in [5.74, 6) is 0.970. The lowest BCUT2D eigenvalue weighted by Crippen LogP contribution is -2.31. The van der Waals surface area contributed by atoms with Crippen LogP contribution in [0.1, 0.15) is 56.2 Å². The molecule has 5 aromatic rings. The van der Waals surface area contributed by atoms with Crippen LogP contribution in [0.2, 0.25) is 5.02 Å². The number of thiophene rings is 1. The largest absolute Gasteiger partial charge is 0.378 e. The number of benzene rings is 1. The molecule has 1 atom stereocenters. The van der Waals surface area contributed by atoms with Crippen LogP contribution >= 0.6 is 22.9 Å². The summed E-state index contributed by atoms with van der Waals surface area (Å²) in [5.41, 5.74) is 5.19. The fourth-order valence-electron chi connectivity index (χ4n) is 5.17. The molecule has 2 amide bonds. The number of hydrogen-bond donors (Lipinski definition) is 3. The van der Waals surface area contributed by atoms with Crippen molar-refractivity contribution in [1.82, 2.24) is 35.4 Å². The van der Waals surface area contributed by atoms with Crippen LogP contribution in [0.3, 0.4) is 0 Å². The van der Waals surface area contributed by atoms with E-state index in [0.717, 1.165) is 44.1 Å². The molecule has 11 nitrogen and oxygen atoms in total. The molecular formula is C31H31ClN8O3S. The number of aliphatic imine (C=N–C) groups is 1. The molecular weight excluding hydrogens is 600 g/mol. The highest BCUT2D eigenvalue weighted by atomic mass is 35.5. The number of aryl methyl sites for hydroxylation is 2. The third-order valence-electron chi connectivity index (χ3n) is 7.50. The van der Waals surface area contributed by atoms with E-state index in [1.807, 2.05) is 41.8 Å². The number of halogens is 1. The lowest BCUT2D eigenvalue weighted by molar-refractivity contribution is -0.121. The third-order valence-corrected chi connectivity index (χ3v) is 8.95. The van der Waals surface area contributed by atoms with E-state index in [4.69, 9.17) is 21.3 Å². The summed E-state index contributed by atoms with van der Waals surface area (Å²) in [6.07, 6.45) is 3.47. The summed E-state index contributed by atoms with van der Waals surface area (Å²) in [5, 5.41) is 17.1. The van der Waals surface area contributed by atoms with Gasteiger partial charge in [0.2, 0.25) is 5.91 Å². The first-order valence-electron chi connectivity index (χ1n) is 14.2. The summed E-state index contributed by atoms with van der Waals surface area (Å²) in [7, 11) is 0. The Morgan fingerprint density at radius 3 is 2.61 bits per heavy atom. The second-order valence-corrected chi connectivity index (χ2v) is 12.1. The van der Waals surface area contributed by atoms with Crippen LogP contribution in [-0.4, -0.2) is 68.6 Å². The van der Waals surface area contributed by atoms with Crippen molar-refractivity contribution in [3.63, 3.8) is 0 Å². The van der Waals surface area contributed by atoms with Crippen molar-refractivity contribution in [3.05, 3.63) is 92.7 Å². The lowest BCUT2D eigenvalue weighted by atomic mass is 9.99. The predicted octanol–water partition coefficient (Wildman–Crippen LogP) is 4.63. The zero-order chi connectivity index (χ0) is 30.8. The fourth-order valence-corrected chi connectivity index (χ4v) is 6.51. The zero-order valence-electron chi connectivity index (χ0n) is 24.5. The lowest BCUT2D eigenvalue weighted by Gasteiger charge is -2.13. The molecule has 0 unspecified atom stereocenters. The van der Waals surface area contributed by atoms with E-state index in [1.165, 1.54) is 4.88 Å². The van der Waals surface area contributed by atoms with Gasteiger partial charge in [0.25, 0.3) is 5.91 Å². The second-order valence-electron chi connectivity index (χ2n) is 10.5. The van der Waals surface area contributed by atoms with E-state index in [2.05, 4.69) is 44.6 Å². The summed E-state index contributed by atoms with van der Waals surface area (Å²) in [6, 6.07) is 10.6. The number of hydrogen-bond acceptors (Lipinski definition) is 8. The Morgan fingerprint density at radius 2 is 1.84 bits per heavy atom. The second kappa shape index (κ2) is 12.7. The average Bonchev–Trinajstić information content (AvgIpc) is 3.67. The molecule has 0 aliphatic carbocycles. The van der Waals surface area contributed by atoms with Gasteiger partial charge >= 0.3 is 0 Å². The topological polar surface area (TPSA) is 139 Å². The van der Waals surface area contributed by atoms with Crippen molar-refractivity contribution < 1.29 is 14.3 Å². The van der Waals surface area contributed by atoms with Crippen molar-refractivity contribution in [1.29, 1.82) is 0 Å². The van der Waals surface area contributed by atoms with Crippen molar-refractivity contribution in [3.8, 4) is 5.00 Å². The third kappa shape index (κ3) is 6.01. The predicted molar refractivity (Wildman–Crippen MR) is 170 cm³/mol. The number of ether oxygens (including phenoxy) is 1. The van der Waals surface area contributed by atoms with Crippen LogP contribution < -0.4 is 10.6 Å². The number of carbonyl (C=O) groups excluding carboxylic acids is 2. The zero-order valence-corrected chi connectivity index (χ0v) is 26.1. The molecule has 0 fully saturated rings. The minimum absolute atomic E-state index is 0.0955. The van der Waals surface area contributed by atoms with Gasteiger partial charge < -0.3 is 20.4 Å². The van der Waals surface area contributed by atoms with Crippen LogP contribution in [0.5, 0.6) is 0 Å². The molecule has 0 bridgehead atoms. The van der Waals surface area contributed by atoms with Gasteiger partial charge in [0.15, 0.2) is 5.82 Å². The molecule has 0 spiro atoms. The number of fused-ring (bicyclic) bond motifs is 4. The number of H-pyrrole nitrogens is 1. The van der Waals surface area contributed by atoms with Crippen LogP contribution in [-0.2, 0) is 9.53 Å². The Morgan fingerprint density at radius 1 is 1.07 bits per heavy atom. The van der Waals surface area contributed by atoms with E-state index in [9.17, 15) is 9.59 Å². The van der Waals surface area contributed by atoms with Crippen molar-refractivity contribution in [2.75, 3.05) is 26.3 Å². The molecule has 0 radical (unpaired) electrons. The molecule has 6 rings (SSSR count). The van der Waals surface area contributed by atoms with E-state index < -0.39 is 6.04 Å². The Kier molecular flexibility index (Phi) is 8.56. The minimum Gasteiger partial charge on any atom is -0.378 e. The van der Waals surface area contributed by atoms with Gasteiger partial charge in [-0.25, -0.2) is 0 Å². The normalized spacial score (nSPS) is 14.1. The molecule has 13 heteroatoms. The summed E-state index contributed by atoms with van der Waals surface area (Å²) in [6.45, 7) is 7.36. The quantitative estimate of drug-likeness (QED) is 0.192. The monoisotopic (exact) mass is 630 g/mol. The Bertz CT molecular complexity index is 1840. The van der Waals surface area contributed by atoms with Gasteiger partial charge in [0, 0.05) is 57.4 Å². The Balaban J connectivity index is 1.07. The molecule has 0 saturated heterocycles. The number of nitrogens with one attached hydrogen (secondary N) is 3. The first-order chi connectivity index (χ1) is 21.3. The van der Waals surface area contributed by atoms with Crippen LogP contribution in [0.4, 0.5) is 0 Å². The summed E-state index contributed by atoms with van der Waals surface area (Å²) >= 11 is 7.86. The maximum atomic E-state index is 13.1. The standard InChI is InChI=1S/C31H31ClN8O3S/c1-17-18(2)44-31-27(17)28(20-4-6-22(32)7-5-20)37-24(29-39-38-19(3)40(29)31)15-26(41)34-10-12-43-13-11-35-30(42)25-14-21-16-33-9-8-23(21)36-25/h4-9,14,16,24,36H,10-13,15H2,1-3H3,(H,34,41)(H,35,42)/t24-/m0/s1. The van der Waals surface area contributed by atoms with Crippen LogP contribution in [0.25, 0.3) is 15.9 Å². The number of pyridine rings is 1. The van der Waals surface area contributed by atoms with E-state index in [-0.39, 0.29) is 18.2 Å². The molecule has 1 aliphatic rings. The van der Waals surface area contributed by atoms with Gasteiger partial charge in [-0.15, -0.1) is 21.5 Å². The van der Waals surface area contributed by atoms with Gasteiger partial charge in [-0.1, -0.05) is 23.7 Å². The molecule has 1 aliphatic heterocycles. The van der Waals surface area contributed by atoms with Gasteiger partial charge in [0.05, 0.1) is 25.3 Å². The SMILES string of the molecule is Cc1sc2c(c1C)C(c1ccc(Cl)cc1)=N[C@@H](CC(=O)NCCOCCNC(=O)c1cc3cnccc3[nH]1)c1nnc(C)n1-2. The first kappa shape index (κ1) is 29.7. The van der Waals surface area contributed by atoms with E-state index in [1.54, 1.807) is 29.8 Å².